The topological polar surface area (TPSA) is 57.6 Å². The Hall–Kier alpha value is -2.80. The Morgan fingerprint density at radius 2 is 1.81 bits per heavy atom. The summed E-state index contributed by atoms with van der Waals surface area (Å²) in [6, 6.07) is 10.1. The Labute approximate surface area is 123 Å². The molecular weight excluding hydrogens is 266 g/mol. The second-order valence-electron chi connectivity index (χ2n) is 4.54. The maximum Gasteiger partial charge on any atom is 0.336 e. The largest absolute Gasteiger partial charge is 0.478 e. The molecule has 0 unspecified atom stereocenters. The third-order valence-corrected chi connectivity index (χ3v) is 3.32. The highest BCUT2D eigenvalue weighted by Gasteiger charge is 2.19. The lowest BCUT2D eigenvalue weighted by Gasteiger charge is -2.19. The summed E-state index contributed by atoms with van der Waals surface area (Å²) < 4.78 is 0. The Balaban J connectivity index is 2.67. The number of aromatic carboxylic acids is 1. The lowest BCUT2D eigenvalue weighted by atomic mass is 9.98. The number of hydrogen-bond acceptors (Lipinski definition) is 2. The van der Waals surface area contributed by atoms with E-state index in [2.05, 4.69) is 5.92 Å². The number of carboxylic acids is 1. The predicted molar refractivity (Wildman–Crippen MR) is 81.3 cm³/mol. The molecule has 2 rings (SSSR count). The zero-order valence-electron chi connectivity index (χ0n) is 11.7. The lowest BCUT2D eigenvalue weighted by Crippen LogP contribution is -2.31. The van der Waals surface area contributed by atoms with Crippen LogP contribution in [0.5, 0.6) is 0 Å². The van der Waals surface area contributed by atoms with Crippen molar-refractivity contribution in [2.75, 3.05) is 13.1 Å². The fraction of sp³-hybridized carbons (Fsp3) is 0.176. The monoisotopic (exact) mass is 281 g/mol. The van der Waals surface area contributed by atoms with Gasteiger partial charge in [-0.3, -0.25) is 4.79 Å². The summed E-state index contributed by atoms with van der Waals surface area (Å²) in [5, 5.41) is 10.5. The number of carbonyl (C=O) groups excluding carboxylic acids is 1. The van der Waals surface area contributed by atoms with Crippen molar-refractivity contribution in [1.29, 1.82) is 0 Å². The van der Waals surface area contributed by atoms with Gasteiger partial charge in [0.05, 0.1) is 12.1 Å². The molecule has 1 N–H and O–H groups in total. The first-order chi connectivity index (χ1) is 10.1. The molecule has 21 heavy (non-hydrogen) atoms. The van der Waals surface area contributed by atoms with E-state index in [0.717, 1.165) is 5.39 Å². The van der Waals surface area contributed by atoms with Crippen LogP contribution in [0.4, 0.5) is 0 Å². The molecule has 106 valence electrons. The van der Waals surface area contributed by atoms with Crippen LogP contribution in [0.2, 0.25) is 0 Å². The zero-order chi connectivity index (χ0) is 15.4. The molecule has 1 amide bonds. The molecule has 0 aromatic heterocycles. The molecule has 0 aliphatic rings. The number of fused-ring (bicyclic) bond motifs is 1. The van der Waals surface area contributed by atoms with E-state index in [1.807, 2.05) is 6.92 Å². The van der Waals surface area contributed by atoms with Crippen LogP contribution in [0.15, 0.2) is 36.4 Å². The van der Waals surface area contributed by atoms with Crippen molar-refractivity contribution in [3.05, 3.63) is 47.5 Å². The molecule has 0 atom stereocenters. The fourth-order valence-corrected chi connectivity index (χ4v) is 2.31. The van der Waals surface area contributed by atoms with Crippen LogP contribution in [0.1, 0.15) is 27.6 Å². The number of hydrogen-bond donors (Lipinski definition) is 1. The van der Waals surface area contributed by atoms with Gasteiger partial charge in [-0.05, 0) is 24.4 Å². The second-order valence-corrected chi connectivity index (χ2v) is 4.54. The van der Waals surface area contributed by atoms with Crippen molar-refractivity contribution < 1.29 is 14.7 Å². The molecule has 2 aromatic carbocycles. The van der Waals surface area contributed by atoms with E-state index in [1.54, 1.807) is 30.3 Å². The SMILES string of the molecule is C#CCN(CC)C(=O)c1cccc2cccc(C(=O)O)c12. The van der Waals surface area contributed by atoms with E-state index < -0.39 is 5.97 Å². The van der Waals surface area contributed by atoms with Crippen LogP contribution < -0.4 is 0 Å². The highest BCUT2D eigenvalue weighted by atomic mass is 16.4. The first kappa shape index (κ1) is 14.6. The van der Waals surface area contributed by atoms with Crippen molar-refractivity contribution in [2.24, 2.45) is 0 Å². The molecule has 0 heterocycles. The van der Waals surface area contributed by atoms with Gasteiger partial charge in [-0.1, -0.05) is 30.2 Å². The van der Waals surface area contributed by atoms with Crippen LogP contribution in [0.3, 0.4) is 0 Å². The standard InChI is InChI=1S/C17H15NO3/c1-3-11-18(4-2)16(19)13-9-5-7-12-8-6-10-14(15(12)13)17(20)21/h1,5-10H,4,11H2,2H3,(H,20,21). The third-order valence-electron chi connectivity index (χ3n) is 3.32. The molecule has 0 spiro atoms. The van der Waals surface area contributed by atoms with E-state index in [1.165, 1.54) is 11.0 Å². The van der Waals surface area contributed by atoms with Gasteiger partial charge in [0.15, 0.2) is 0 Å². The molecule has 0 fully saturated rings. The summed E-state index contributed by atoms with van der Waals surface area (Å²) in [5.41, 5.74) is 0.482. The van der Waals surface area contributed by atoms with Crippen LogP contribution >= 0.6 is 0 Å². The average molecular weight is 281 g/mol. The van der Waals surface area contributed by atoms with Crippen molar-refractivity contribution in [3.63, 3.8) is 0 Å². The average Bonchev–Trinajstić information content (AvgIpc) is 2.50. The minimum Gasteiger partial charge on any atom is -0.478 e. The molecule has 0 bridgehead atoms. The Bertz CT molecular complexity index is 738. The highest BCUT2D eigenvalue weighted by Crippen LogP contribution is 2.24. The summed E-state index contributed by atoms with van der Waals surface area (Å²) in [5.74, 6) is 1.13. The maximum absolute atomic E-state index is 12.6. The number of carbonyl (C=O) groups is 2. The van der Waals surface area contributed by atoms with Crippen molar-refractivity contribution in [1.82, 2.24) is 4.90 Å². The normalized spacial score (nSPS) is 10.1. The van der Waals surface area contributed by atoms with E-state index in [0.29, 0.717) is 17.5 Å². The van der Waals surface area contributed by atoms with Gasteiger partial charge in [-0.2, -0.15) is 0 Å². The maximum atomic E-state index is 12.6. The van der Waals surface area contributed by atoms with Gasteiger partial charge >= 0.3 is 5.97 Å². The highest BCUT2D eigenvalue weighted by molar-refractivity contribution is 6.14. The number of benzene rings is 2. The van der Waals surface area contributed by atoms with Gasteiger partial charge < -0.3 is 10.0 Å². The molecular formula is C17H15NO3. The van der Waals surface area contributed by atoms with Crippen LogP contribution in [0, 0.1) is 12.3 Å². The summed E-state index contributed by atoms with van der Waals surface area (Å²) in [6.07, 6.45) is 5.27. The Kier molecular flexibility index (Phi) is 4.24. The minimum atomic E-state index is -1.05. The van der Waals surface area contributed by atoms with E-state index in [4.69, 9.17) is 6.42 Å². The molecule has 0 aliphatic heterocycles. The molecule has 4 nitrogen and oxygen atoms in total. The van der Waals surface area contributed by atoms with E-state index in [-0.39, 0.29) is 18.0 Å². The number of terminal acetylenes is 1. The summed E-state index contributed by atoms with van der Waals surface area (Å²) in [7, 11) is 0. The van der Waals surface area contributed by atoms with Crippen molar-refractivity contribution in [2.45, 2.75) is 6.92 Å². The minimum absolute atomic E-state index is 0.119. The fourth-order valence-electron chi connectivity index (χ4n) is 2.31. The molecule has 0 saturated heterocycles. The number of amides is 1. The van der Waals surface area contributed by atoms with Gasteiger partial charge in [0, 0.05) is 17.5 Å². The summed E-state index contributed by atoms with van der Waals surface area (Å²) in [6.45, 7) is 2.49. The molecule has 0 aliphatic carbocycles. The first-order valence-corrected chi connectivity index (χ1v) is 6.58. The van der Waals surface area contributed by atoms with Gasteiger partial charge in [0.1, 0.15) is 0 Å². The molecule has 0 radical (unpaired) electrons. The Morgan fingerprint density at radius 1 is 1.19 bits per heavy atom. The van der Waals surface area contributed by atoms with Crippen molar-refractivity contribution in [3.8, 4) is 12.3 Å². The molecule has 2 aromatic rings. The van der Waals surface area contributed by atoms with Crippen LogP contribution in [-0.2, 0) is 0 Å². The molecule has 0 saturated carbocycles. The van der Waals surface area contributed by atoms with E-state index in [9.17, 15) is 14.7 Å². The van der Waals surface area contributed by atoms with Gasteiger partial charge in [-0.15, -0.1) is 6.42 Å². The quantitative estimate of drug-likeness (QED) is 0.876. The Morgan fingerprint density at radius 3 is 2.33 bits per heavy atom. The van der Waals surface area contributed by atoms with Crippen molar-refractivity contribution >= 4 is 22.6 Å². The smallest absolute Gasteiger partial charge is 0.336 e. The van der Waals surface area contributed by atoms with Gasteiger partial charge in [0.25, 0.3) is 5.91 Å². The number of nitrogens with zero attached hydrogens (tertiary/aromatic N) is 1. The van der Waals surface area contributed by atoms with Crippen LogP contribution in [0.25, 0.3) is 10.8 Å². The third kappa shape index (κ3) is 2.72. The van der Waals surface area contributed by atoms with Crippen LogP contribution in [-0.4, -0.2) is 35.0 Å². The van der Waals surface area contributed by atoms with Gasteiger partial charge in [0.2, 0.25) is 0 Å². The summed E-state index contributed by atoms with van der Waals surface area (Å²) >= 11 is 0. The molecule has 4 heteroatoms. The van der Waals surface area contributed by atoms with E-state index >= 15 is 0 Å². The zero-order valence-corrected chi connectivity index (χ0v) is 11.7. The predicted octanol–water partition coefficient (Wildman–Crippen LogP) is 2.63. The van der Waals surface area contributed by atoms with Gasteiger partial charge in [-0.25, -0.2) is 4.79 Å². The number of rotatable bonds is 4. The summed E-state index contributed by atoms with van der Waals surface area (Å²) in [4.78, 5) is 25.5. The number of carboxylic acid groups (broad SMARTS) is 1. The lowest BCUT2D eigenvalue weighted by molar-refractivity contribution is 0.0699. The first-order valence-electron chi connectivity index (χ1n) is 6.58. The second kappa shape index (κ2) is 6.10.